The monoisotopic (exact) mass is 247 g/mol. The third-order valence-corrected chi connectivity index (χ3v) is 3.01. The number of ether oxygens (including phenoxy) is 1. The normalized spacial score (nSPS) is 38.2. The smallest absolute Gasteiger partial charge is 0.222 e. The topological polar surface area (TPSA) is 99.0 Å². The number of carbonyl (C=O) groups excluding carboxylic acids is 1. The van der Waals surface area contributed by atoms with Crippen LogP contribution in [0.3, 0.4) is 0 Å². The second-order valence-corrected chi connectivity index (χ2v) is 4.73. The van der Waals surface area contributed by atoms with Crippen LogP contribution in [0.25, 0.3) is 0 Å². The van der Waals surface area contributed by atoms with E-state index in [4.69, 9.17) is 9.84 Å². The van der Waals surface area contributed by atoms with Crippen molar-refractivity contribution >= 4 is 5.91 Å². The zero-order valence-electron chi connectivity index (χ0n) is 10.3. The first-order chi connectivity index (χ1) is 7.88. The van der Waals surface area contributed by atoms with Crippen molar-refractivity contribution in [1.29, 1.82) is 0 Å². The summed E-state index contributed by atoms with van der Waals surface area (Å²) in [6.07, 6.45) is -3.62. The Morgan fingerprint density at radius 1 is 1.35 bits per heavy atom. The fourth-order valence-corrected chi connectivity index (χ4v) is 1.84. The van der Waals surface area contributed by atoms with Gasteiger partial charge >= 0.3 is 0 Å². The van der Waals surface area contributed by atoms with Crippen LogP contribution in [0.5, 0.6) is 0 Å². The van der Waals surface area contributed by atoms with E-state index >= 15 is 0 Å². The first-order valence-corrected chi connectivity index (χ1v) is 5.81. The number of amides is 1. The predicted octanol–water partition coefficient (Wildman–Crippen LogP) is -1.37. The van der Waals surface area contributed by atoms with Crippen LogP contribution in [0.15, 0.2) is 0 Å². The molecule has 5 unspecified atom stereocenters. The maximum atomic E-state index is 11.6. The van der Waals surface area contributed by atoms with Crippen LogP contribution in [0.2, 0.25) is 0 Å². The maximum Gasteiger partial charge on any atom is 0.222 e. The summed E-state index contributed by atoms with van der Waals surface area (Å²) in [5.41, 5.74) is 0. The van der Waals surface area contributed by atoms with E-state index in [9.17, 15) is 15.0 Å². The molecular weight excluding hydrogens is 226 g/mol. The van der Waals surface area contributed by atoms with Gasteiger partial charge in [0.15, 0.2) is 0 Å². The second-order valence-electron chi connectivity index (χ2n) is 4.73. The van der Waals surface area contributed by atoms with Gasteiger partial charge in [-0.2, -0.15) is 0 Å². The Balaban J connectivity index is 2.69. The Bertz CT molecular complexity index is 271. The third-order valence-electron chi connectivity index (χ3n) is 3.01. The lowest BCUT2D eigenvalue weighted by molar-refractivity contribution is -0.191. The summed E-state index contributed by atoms with van der Waals surface area (Å²) in [4.78, 5) is 11.6. The summed E-state index contributed by atoms with van der Waals surface area (Å²) in [5.74, 6) is -0.416. The van der Waals surface area contributed by atoms with Gasteiger partial charge < -0.3 is 25.4 Å². The van der Waals surface area contributed by atoms with Crippen LogP contribution < -0.4 is 5.32 Å². The molecule has 100 valence electrons. The molecule has 1 rings (SSSR count). The molecule has 6 nitrogen and oxygen atoms in total. The average molecular weight is 247 g/mol. The maximum absolute atomic E-state index is 11.6. The zero-order chi connectivity index (χ0) is 13.2. The summed E-state index contributed by atoms with van der Waals surface area (Å²) < 4.78 is 5.34. The lowest BCUT2D eigenvalue weighted by Crippen LogP contribution is -2.63. The Hall–Kier alpha value is -0.690. The van der Waals surface area contributed by atoms with E-state index in [0.717, 1.165) is 0 Å². The van der Waals surface area contributed by atoms with Crippen molar-refractivity contribution < 1.29 is 24.9 Å². The van der Waals surface area contributed by atoms with Crippen molar-refractivity contribution in [2.24, 2.45) is 5.92 Å². The van der Waals surface area contributed by atoms with Gasteiger partial charge in [0.1, 0.15) is 18.3 Å². The molecule has 4 N–H and O–H groups in total. The van der Waals surface area contributed by atoms with E-state index in [1.165, 1.54) is 0 Å². The molecule has 1 aliphatic heterocycles. The first-order valence-electron chi connectivity index (χ1n) is 5.81. The van der Waals surface area contributed by atoms with Gasteiger partial charge in [-0.25, -0.2) is 0 Å². The van der Waals surface area contributed by atoms with Crippen molar-refractivity contribution in [3.05, 3.63) is 0 Å². The molecule has 0 aromatic heterocycles. The lowest BCUT2D eigenvalue weighted by Gasteiger charge is -2.41. The molecule has 0 aromatic rings. The minimum absolute atomic E-state index is 0.206. The molecule has 0 spiro atoms. The molecule has 17 heavy (non-hydrogen) atoms. The molecule has 1 heterocycles. The lowest BCUT2D eigenvalue weighted by atomic mass is 9.93. The van der Waals surface area contributed by atoms with Crippen LogP contribution >= 0.6 is 0 Å². The molecule has 0 saturated carbocycles. The van der Waals surface area contributed by atoms with Crippen LogP contribution in [0.4, 0.5) is 0 Å². The number of nitrogens with one attached hydrogen (secondary N) is 1. The highest BCUT2D eigenvalue weighted by molar-refractivity contribution is 5.78. The third kappa shape index (κ3) is 3.16. The molecule has 1 fully saturated rings. The highest BCUT2D eigenvalue weighted by Crippen LogP contribution is 2.21. The molecule has 5 atom stereocenters. The Labute approximate surface area is 101 Å². The SMILES string of the molecule is CC(C)C(=O)NC1C(C)OC(CO)C(O)C1O. The molecule has 0 aromatic carbocycles. The van der Waals surface area contributed by atoms with Crippen LogP contribution in [0.1, 0.15) is 20.8 Å². The molecular formula is C11H21NO5. The standard InChI is InChI=1S/C11H21NO5/c1-5(2)11(16)12-8-6(3)17-7(4-13)9(14)10(8)15/h5-10,13-15H,4H2,1-3H3,(H,12,16). The van der Waals surface area contributed by atoms with Gasteiger partial charge in [-0.3, -0.25) is 4.79 Å². The van der Waals surface area contributed by atoms with Crippen LogP contribution in [0, 0.1) is 5.92 Å². The van der Waals surface area contributed by atoms with E-state index in [2.05, 4.69) is 5.32 Å². The van der Waals surface area contributed by atoms with Crippen LogP contribution in [-0.2, 0) is 9.53 Å². The number of carbonyl (C=O) groups is 1. The zero-order valence-corrected chi connectivity index (χ0v) is 10.3. The number of aliphatic hydroxyl groups is 3. The first kappa shape index (κ1) is 14.4. The van der Waals surface area contributed by atoms with E-state index in [1.807, 2.05) is 0 Å². The molecule has 1 aliphatic rings. The van der Waals surface area contributed by atoms with E-state index in [-0.39, 0.29) is 18.4 Å². The average Bonchev–Trinajstić information content (AvgIpc) is 2.28. The minimum atomic E-state index is -1.20. The van der Waals surface area contributed by atoms with E-state index in [0.29, 0.717) is 0 Å². The molecule has 1 amide bonds. The quantitative estimate of drug-likeness (QED) is 0.493. The van der Waals surface area contributed by atoms with Crippen LogP contribution in [-0.4, -0.2) is 58.3 Å². The highest BCUT2D eigenvalue weighted by Gasteiger charge is 2.42. The number of rotatable bonds is 3. The minimum Gasteiger partial charge on any atom is -0.394 e. The number of aliphatic hydroxyl groups excluding tert-OH is 3. The van der Waals surface area contributed by atoms with Crippen molar-refractivity contribution in [3.8, 4) is 0 Å². The molecule has 6 heteroatoms. The van der Waals surface area contributed by atoms with Gasteiger partial charge in [-0.05, 0) is 6.92 Å². The molecule has 0 bridgehead atoms. The van der Waals surface area contributed by atoms with Gasteiger partial charge in [0.05, 0.1) is 18.8 Å². The summed E-state index contributed by atoms with van der Waals surface area (Å²) in [6, 6.07) is -0.664. The van der Waals surface area contributed by atoms with Gasteiger partial charge in [-0.1, -0.05) is 13.8 Å². The Morgan fingerprint density at radius 3 is 2.41 bits per heavy atom. The van der Waals surface area contributed by atoms with Crippen molar-refractivity contribution in [1.82, 2.24) is 5.32 Å². The number of hydrogen-bond acceptors (Lipinski definition) is 5. The van der Waals surface area contributed by atoms with E-state index in [1.54, 1.807) is 20.8 Å². The fraction of sp³-hybridized carbons (Fsp3) is 0.909. The van der Waals surface area contributed by atoms with Gasteiger partial charge in [-0.15, -0.1) is 0 Å². The fourth-order valence-electron chi connectivity index (χ4n) is 1.84. The summed E-state index contributed by atoms with van der Waals surface area (Å²) in [5, 5.41) is 31.2. The van der Waals surface area contributed by atoms with Crippen molar-refractivity contribution in [2.75, 3.05) is 6.61 Å². The predicted molar refractivity (Wildman–Crippen MR) is 60.2 cm³/mol. The van der Waals surface area contributed by atoms with Crippen molar-refractivity contribution in [2.45, 2.75) is 51.2 Å². The highest BCUT2D eigenvalue weighted by atomic mass is 16.5. The summed E-state index contributed by atoms with van der Waals surface area (Å²) in [7, 11) is 0. The second kappa shape index (κ2) is 5.77. The van der Waals surface area contributed by atoms with Gasteiger partial charge in [0.2, 0.25) is 5.91 Å². The molecule has 1 saturated heterocycles. The summed E-state index contributed by atoms with van der Waals surface area (Å²) in [6.45, 7) is 4.79. The largest absolute Gasteiger partial charge is 0.394 e. The Morgan fingerprint density at radius 2 is 1.94 bits per heavy atom. The Kier molecular flexibility index (Phi) is 4.88. The number of hydrogen-bond donors (Lipinski definition) is 4. The van der Waals surface area contributed by atoms with E-state index < -0.39 is 30.5 Å². The van der Waals surface area contributed by atoms with Gasteiger partial charge in [0, 0.05) is 5.92 Å². The van der Waals surface area contributed by atoms with Crippen molar-refractivity contribution in [3.63, 3.8) is 0 Å². The molecule has 0 radical (unpaired) electrons. The molecule has 0 aliphatic carbocycles. The van der Waals surface area contributed by atoms with Gasteiger partial charge in [0.25, 0.3) is 0 Å². The summed E-state index contributed by atoms with van der Waals surface area (Å²) >= 11 is 0.